The molecule has 0 radical (unpaired) electrons. The minimum Gasteiger partial charge on any atom is -0.326 e. The maximum atomic E-state index is 5.52. The Bertz CT molecular complexity index is 241. The lowest BCUT2D eigenvalue weighted by atomic mass is 10.1. The second kappa shape index (κ2) is 4.31. The molecule has 0 atom stereocenters. The van der Waals surface area contributed by atoms with E-state index in [4.69, 9.17) is 5.73 Å². The fourth-order valence-electron chi connectivity index (χ4n) is 0.878. The molecule has 0 bridgehead atoms. The first-order valence-corrected chi connectivity index (χ1v) is 4.35. The number of rotatable bonds is 2. The van der Waals surface area contributed by atoms with Crippen LogP contribution in [0.2, 0.25) is 0 Å². The van der Waals surface area contributed by atoms with Gasteiger partial charge in [0.25, 0.3) is 0 Å². The summed E-state index contributed by atoms with van der Waals surface area (Å²) in [5.41, 5.74) is 7.81. The Morgan fingerprint density at radius 2 is 2.00 bits per heavy atom. The van der Waals surface area contributed by atoms with Gasteiger partial charge in [0, 0.05) is 6.54 Å². The van der Waals surface area contributed by atoms with Gasteiger partial charge in [-0.1, -0.05) is 46.3 Å². The van der Waals surface area contributed by atoms with Crippen molar-refractivity contribution in [3.63, 3.8) is 0 Å². The molecule has 1 aromatic carbocycles. The van der Waals surface area contributed by atoms with Crippen LogP contribution in [0.1, 0.15) is 5.56 Å². The molecule has 1 rings (SSSR count). The fraction of sp³-hybridized carbons (Fsp3) is 0.111. The summed E-state index contributed by atoms with van der Waals surface area (Å²) in [6, 6.07) is 10.1. The molecule has 0 amide bonds. The van der Waals surface area contributed by atoms with Gasteiger partial charge in [-0.25, -0.2) is 0 Å². The highest BCUT2D eigenvalue weighted by Gasteiger charge is 1.94. The summed E-state index contributed by atoms with van der Waals surface area (Å²) >= 11 is 3.27. The molecule has 0 unspecified atom stereocenters. The Hall–Kier alpha value is -0.600. The number of benzene rings is 1. The van der Waals surface area contributed by atoms with E-state index >= 15 is 0 Å². The van der Waals surface area contributed by atoms with Crippen LogP contribution in [-0.4, -0.2) is 6.54 Å². The Kier molecular flexibility index (Phi) is 3.33. The zero-order chi connectivity index (χ0) is 8.10. The molecule has 0 aliphatic rings. The van der Waals surface area contributed by atoms with Gasteiger partial charge in [0.15, 0.2) is 0 Å². The minimum absolute atomic E-state index is 0.565. The molecule has 58 valence electrons. The lowest BCUT2D eigenvalue weighted by Gasteiger charge is -2.01. The van der Waals surface area contributed by atoms with Crippen LogP contribution < -0.4 is 5.73 Å². The fourth-order valence-corrected chi connectivity index (χ4v) is 1.33. The third-order valence-electron chi connectivity index (χ3n) is 1.50. The molecule has 0 aromatic heterocycles. The Labute approximate surface area is 75.0 Å². The Morgan fingerprint density at radius 3 is 2.45 bits per heavy atom. The van der Waals surface area contributed by atoms with Gasteiger partial charge in [0.1, 0.15) is 0 Å². The topological polar surface area (TPSA) is 26.0 Å². The van der Waals surface area contributed by atoms with Crippen LogP contribution in [0, 0.1) is 0 Å². The predicted octanol–water partition coefficient (Wildman–Crippen LogP) is 2.38. The molecule has 1 aromatic rings. The molecule has 0 aliphatic heterocycles. The zero-order valence-corrected chi connectivity index (χ0v) is 7.71. The van der Waals surface area contributed by atoms with E-state index in [9.17, 15) is 0 Å². The minimum atomic E-state index is 0.565. The summed E-state index contributed by atoms with van der Waals surface area (Å²) in [6.45, 7) is 0.565. The summed E-state index contributed by atoms with van der Waals surface area (Å²) in [6.07, 6.45) is 0. The van der Waals surface area contributed by atoms with E-state index in [0.29, 0.717) is 6.54 Å². The molecule has 2 N–H and O–H groups in total. The van der Waals surface area contributed by atoms with E-state index in [1.165, 1.54) is 5.56 Å². The van der Waals surface area contributed by atoms with E-state index in [-0.39, 0.29) is 0 Å². The maximum Gasteiger partial charge on any atom is 0.0189 e. The van der Waals surface area contributed by atoms with Crippen LogP contribution in [0.3, 0.4) is 0 Å². The maximum absolute atomic E-state index is 5.52. The van der Waals surface area contributed by atoms with Crippen molar-refractivity contribution < 1.29 is 0 Å². The van der Waals surface area contributed by atoms with Gasteiger partial charge < -0.3 is 5.73 Å². The first-order chi connectivity index (χ1) is 5.38. The third kappa shape index (κ3) is 2.17. The van der Waals surface area contributed by atoms with Crippen molar-refractivity contribution in [3.8, 4) is 0 Å². The van der Waals surface area contributed by atoms with Crippen LogP contribution in [0.15, 0.2) is 35.3 Å². The van der Waals surface area contributed by atoms with E-state index in [0.717, 1.165) is 5.57 Å². The van der Waals surface area contributed by atoms with Gasteiger partial charge in [-0.2, -0.15) is 0 Å². The monoisotopic (exact) mass is 211 g/mol. The van der Waals surface area contributed by atoms with Crippen LogP contribution in [-0.2, 0) is 0 Å². The summed E-state index contributed by atoms with van der Waals surface area (Å²) in [5, 5.41) is 0. The van der Waals surface area contributed by atoms with Crippen molar-refractivity contribution in [3.05, 3.63) is 40.9 Å². The van der Waals surface area contributed by atoms with Crippen molar-refractivity contribution in [2.24, 2.45) is 5.73 Å². The van der Waals surface area contributed by atoms with Gasteiger partial charge in [0.2, 0.25) is 0 Å². The van der Waals surface area contributed by atoms with Gasteiger partial charge in [-0.15, -0.1) is 0 Å². The van der Waals surface area contributed by atoms with E-state index < -0.39 is 0 Å². The van der Waals surface area contributed by atoms with Crippen LogP contribution in [0.25, 0.3) is 5.57 Å². The Balaban J connectivity index is 2.92. The van der Waals surface area contributed by atoms with Crippen LogP contribution in [0.5, 0.6) is 0 Å². The predicted molar refractivity (Wildman–Crippen MR) is 52.4 cm³/mol. The smallest absolute Gasteiger partial charge is 0.0189 e. The molecular weight excluding hydrogens is 202 g/mol. The van der Waals surface area contributed by atoms with Crippen molar-refractivity contribution in [2.45, 2.75) is 0 Å². The molecule has 2 heteroatoms. The SMILES string of the molecule is NC/C(=C\Br)c1ccccc1. The summed E-state index contributed by atoms with van der Waals surface area (Å²) < 4.78 is 0. The number of halogens is 1. The van der Waals surface area contributed by atoms with Crippen molar-refractivity contribution in [1.29, 1.82) is 0 Å². The van der Waals surface area contributed by atoms with Gasteiger partial charge in [-0.05, 0) is 16.1 Å². The molecule has 0 saturated carbocycles. The Morgan fingerprint density at radius 1 is 1.36 bits per heavy atom. The highest BCUT2D eigenvalue weighted by atomic mass is 79.9. The van der Waals surface area contributed by atoms with Crippen LogP contribution in [0.4, 0.5) is 0 Å². The molecule has 0 spiro atoms. The van der Waals surface area contributed by atoms with Gasteiger partial charge in [-0.3, -0.25) is 0 Å². The summed E-state index contributed by atoms with van der Waals surface area (Å²) in [7, 11) is 0. The van der Waals surface area contributed by atoms with E-state index in [1.807, 2.05) is 35.3 Å². The van der Waals surface area contributed by atoms with Crippen molar-refractivity contribution >= 4 is 21.5 Å². The largest absolute Gasteiger partial charge is 0.326 e. The van der Waals surface area contributed by atoms with Gasteiger partial charge in [0.05, 0.1) is 0 Å². The first-order valence-electron chi connectivity index (χ1n) is 3.43. The second-order valence-corrected chi connectivity index (χ2v) is 2.66. The van der Waals surface area contributed by atoms with Crippen molar-refractivity contribution in [1.82, 2.24) is 0 Å². The van der Waals surface area contributed by atoms with E-state index in [1.54, 1.807) is 0 Å². The highest BCUT2D eigenvalue weighted by molar-refractivity contribution is 9.11. The van der Waals surface area contributed by atoms with E-state index in [2.05, 4.69) is 15.9 Å². The molecule has 11 heavy (non-hydrogen) atoms. The third-order valence-corrected chi connectivity index (χ3v) is 2.05. The lowest BCUT2D eigenvalue weighted by Crippen LogP contribution is -2.01. The molecule has 1 nitrogen and oxygen atoms in total. The first kappa shape index (κ1) is 8.50. The average molecular weight is 212 g/mol. The number of hydrogen-bond donors (Lipinski definition) is 1. The normalized spacial score (nSPS) is 11.6. The molecule has 0 saturated heterocycles. The molecule has 0 fully saturated rings. The zero-order valence-electron chi connectivity index (χ0n) is 6.13. The molecule has 0 aliphatic carbocycles. The highest BCUT2D eigenvalue weighted by Crippen LogP contribution is 2.13. The van der Waals surface area contributed by atoms with Gasteiger partial charge >= 0.3 is 0 Å². The number of hydrogen-bond acceptors (Lipinski definition) is 1. The second-order valence-electron chi connectivity index (χ2n) is 2.20. The quantitative estimate of drug-likeness (QED) is 0.800. The molecular formula is C9H10BrN. The van der Waals surface area contributed by atoms with Crippen LogP contribution >= 0.6 is 15.9 Å². The summed E-state index contributed by atoms with van der Waals surface area (Å²) in [4.78, 5) is 1.86. The standard InChI is InChI=1S/C9H10BrN/c10-6-9(7-11)8-4-2-1-3-5-8/h1-6H,7,11H2/b9-6+. The molecule has 0 heterocycles. The number of nitrogens with two attached hydrogens (primary N) is 1. The lowest BCUT2D eigenvalue weighted by molar-refractivity contribution is 1.27. The van der Waals surface area contributed by atoms with Crippen molar-refractivity contribution in [2.75, 3.05) is 6.54 Å². The average Bonchev–Trinajstić information content (AvgIpc) is 2.09. The summed E-state index contributed by atoms with van der Waals surface area (Å²) in [5.74, 6) is 0.